The van der Waals surface area contributed by atoms with Crippen LogP contribution in [0.4, 0.5) is 0 Å². The number of carbonyl (C=O) groups excluding carboxylic acids is 1. The van der Waals surface area contributed by atoms with Crippen molar-refractivity contribution in [1.29, 1.82) is 5.26 Å². The van der Waals surface area contributed by atoms with Crippen molar-refractivity contribution >= 4 is 11.9 Å². The Balaban J connectivity index is 2.74. The molecule has 3 unspecified atom stereocenters. The Hall–Kier alpha value is -1.57. The number of carbonyl (C=O) groups is 2. The lowest BCUT2D eigenvalue weighted by Crippen LogP contribution is -2.44. The van der Waals surface area contributed by atoms with Crippen molar-refractivity contribution in [3.8, 4) is 6.07 Å². The van der Waals surface area contributed by atoms with E-state index in [0.717, 1.165) is 12.8 Å². The van der Waals surface area contributed by atoms with Gasteiger partial charge in [-0.1, -0.05) is 12.8 Å². The van der Waals surface area contributed by atoms with E-state index in [1.165, 1.54) is 4.90 Å². The molecular weight excluding hydrogens is 232 g/mol. The Morgan fingerprint density at radius 1 is 1.39 bits per heavy atom. The molecule has 1 saturated carbocycles. The summed E-state index contributed by atoms with van der Waals surface area (Å²) >= 11 is 0. The van der Waals surface area contributed by atoms with Crippen LogP contribution in [-0.4, -0.2) is 35.0 Å². The monoisotopic (exact) mass is 252 g/mol. The summed E-state index contributed by atoms with van der Waals surface area (Å²) in [7, 11) is 1.65. The molecule has 0 aliphatic heterocycles. The molecule has 0 saturated heterocycles. The molecule has 1 aliphatic rings. The number of rotatable bonds is 4. The second-order valence-corrected chi connectivity index (χ2v) is 5.00. The zero-order chi connectivity index (χ0) is 13.7. The lowest BCUT2D eigenvalue weighted by molar-refractivity contribution is -0.152. The van der Waals surface area contributed by atoms with Crippen LogP contribution < -0.4 is 0 Å². The van der Waals surface area contributed by atoms with Gasteiger partial charge in [0.25, 0.3) is 0 Å². The number of hydrogen-bond acceptors (Lipinski definition) is 3. The highest BCUT2D eigenvalue weighted by Gasteiger charge is 2.37. The van der Waals surface area contributed by atoms with E-state index < -0.39 is 17.8 Å². The fourth-order valence-electron chi connectivity index (χ4n) is 2.47. The van der Waals surface area contributed by atoms with Gasteiger partial charge in [0, 0.05) is 13.1 Å². The van der Waals surface area contributed by atoms with Gasteiger partial charge in [0.15, 0.2) is 0 Å². The zero-order valence-electron chi connectivity index (χ0n) is 10.9. The van der Waals surface area contributed by atoms with Gasteiger partial charge in [0.1, 0.15) is 0 Å². The average Bonchev–Trinajstić information content (AvgIpc) is 2.37. The number of nitriles is 1. The van der Waals surface area contributed by atoms with Gasteiger partial charge in [-0.25, -0.2) is 0 Å². The van der Waals surface area contributed by atoms with Crippen LogP contribution in [0.25, 0.3) is 0 Å². The van der Waals surface area contributed by atoms with Crippen LogP contribution in [0, 0.1) is 23.2 Å². The van der Waals surface area contributed by atoms with Gasteiger partial charge in [-0.05, 0) is 19.8 Å². The van der Waals surface area contributed by atoms with Crippen LogP contribution in [0.15, 0.2) is 0 Å². The number of aliphatic carboxylic acids is 1. The fraction of sp³-hybridized carbons (Fsp3) is 0.769. The van der Waals surface area contributed by atoms with Gasteiger partial charge < -0.3 is 10.0 Å². The first-order valence-electron chi connectivity index (χ1n) is 6.35. The molecule has 5 heteroatoms. The van der Waals surface area contributed by atoms with Crippen molar-refractivity contribution < 1.29 is 14.7 Å². The Bertz CT molecular complexity index is 362. The summed E-state index contributed by atoms with van der Waals surface area (Å²) in [4.78, 5) is 25.0. The smallest absolute Gasteiger partial charge is 0.307 e. The minimum atomic E-state index is -0.880. The first-order chi connectivity index (χ1) is 8.49. The van der Waals surface area contributed by atoms with Crippen LogP contribution >= 0.6 is 0 Å². The molecule has 1 N–H and O–H groups in total. The maximum absolute atomic E-state index is 12.3. The normalized spacial score (nSPS) is 24.9. The number of amides is 1. The third kappa shape index (κ3) is 3.22. The second kappa shape index (κ2) is 6.39. The first kappa shape index (κ1) is 14.5. The summed E-state index contributed by atoms with van der Waals surface area (Å²) in [5, 5.41) is 17.8. The Morgan fingerprint density at radius 3 is 2.44 bits per heavy atom. The SMILES string of the molecule is CC(CC#N)N(C)C(=O)C1CCCCC1C(=O)O. The third-order valence-electron chi connectivity index (χ3n) is 3.80. The summed E-state index contributed by atoms with van der Waals surface area (Å²) < 4.78 is 0. The van der Waals surface area contributed by atoms with Gasteiger partial charge in [-0.15, -0.1) is 0 Å². The highest BCUT2D eigenvalue weighted by molar-refractivity contribution is 5.85. The topological polar surface area (TPSA) is 81.4 Å². The molecule has 0 radical (unpaired) electrons. The number of nitrogens with zero attached hydrogens (tertiary/aromatic N) is 2. The van der Waals surface area contributed by atoms with E-state index in [0.29, 0.717) is 12.8 Å². The van der Waals surface area contributed by atoms with Gasteiger partial charge in [0.2, 0.25) is 5.91 Å². The van der Waals surface area contributed by atoms with E-state index >= 15 is 0 Å². The molecule has 3 atom stereocenters. The molecule has 0 heterocycles. The van der Waals surface area contributed by atoms with Crippen LogP contribution in [-0.2, 0) is 9.59 Å². The van der Waals surface area contributed by atoms with Crippen LogP contribution in [0.1, 0.15) is 39.0 Å². The molecule has 0 aromatic heterocycles. The quantitative estimate of drug-likeness (QED) is 0.824. The van der Waals surface area contributed by atoms with Gasteiger partial charge >= 0.3 is 5.97 Å². The van der Waals surface area contributed by atoms with Crippen molar-refractivity contribution in [2.24, 2.45) is 11.8 Å². The highest BCUT2D eigenvalue weighted by atomic mass is 16.4. The molecule has 0 spiro atoms. The minimum absolute atomic E-state index is 0.134. The van der Waals surface area contributed by atoms with E-state index in [2.05, 4.69) is 0 Å². The number of carboxylic acids is 1. The van der Waals surface area contributed by atoms with E-state index in [1.54, 1.807) is 14.0 Å². The van der Waals surface area contributed by atoms with E-state index in [9.17, 15) is 9.59 Å². The van der Waals surface area contributed by atoms with Crippen LogP contribution in [0.2, 0.25) is 0 Å². The van der Waals surface area contributed by atoms with Crippen molar-refractivity contribution in [2.45, 2.75) is 45.1 Å². The van der Waals surface area contributed by atoms with E-state index in [1.807, 2.05) is 6.07 Å². The van der Waals surface area contributed by atoms with Gasteiger partial charge in [-0.2, -0.15) is 5.26 Å². The van der Waals surface area contributed by atoms with Crippen LogP contribution in [0.5, 0.6) is 0 Å². The average molecular weight is 252 g/mol. The summed E-state index contributed by atoms with van der Waals surface area (Å²) in [6.45, 7) is 1.81. The molecule has 1 aliphatic carbocycles. The first-order valence-corrected chi connectivity index (χ1v) is 6.35. The maximum Gasteiger partial charge on any atom is 0.307 e. The molecule has 5 nitrogen and oxygen atoms in total. The lowest BCUT2D eigenvalue weighted by atomic mass is 9.78. The predicted molar refractivity (Wildman–Crippen MR) is 65.5 cm³/mol. The van der Waals surface area contributed by atoms with E-state index in [-0.39, 0.29) is 18.4 Å². The summed E-state index contributed by atoms with van der Waals surface area (Å²) in [5.74, 6) is -2.01. The van der Waals surface area contributed by atoms with Crippen molar-refractivity contribution in [2.75, 3.05) is 7.05 Å². The highest BCUT2D eigenvalue weighted by Crippen LogP contribution is 2.32. The molecule has 0 bridgehead atoms. The number of carboxylic acid groups (broad SMARTS) is 1. The van der Waals surface area contributed by atoms with Crippen molar-refractivity contribution in [3.63, 3.8) is 0 Å². The molecule has 1 fully saturated rings. The summed E-state index contributed by atoms with van der Waals surface area (Å²) in [6, 6.07) is 1.86. The third-order valence-corrected chi connectivity index (χ3v) is 3.80. The molecule has 18 heavy (non-hydrogen) atoms. The van der Waals surface area contributed by atoms with Gasteiger partial charge in [-0.3, -0.25) is 9.59 Å². The minimum Gasteiger partial charge on any atom is -0.481 e. The van der Waals surface area contributed by atoms with Crippen molar-refractivity contribution in [3.05, 3.63) is 0 Å². The lowest BCUT2D eigenvalue weighted by Gasteiger charge is -2.33. The van der Waals surface area contributed by atoms with E-state index in [4.69, 9.17) is 10.4 Å². The van der Waals surface area contributed by atoms with Crippen LogP contribution in [0.3, 0.4) is 0 Å². The molecule has 1 amide bonds. The molecule has 1 rings (SSSR count). The molecule has 0 aromatic rings. The number of hydrogen-bond donors (Lipinski definition) is 1. The second-order valence-electron chi connectivity index (χ2n) is 5.00. The standard InChI is InChI=1S/C13H20N2O3/c1-9(7-8-14)15(2)12(16)10-5-3-4-6-11(10)13(17)18/h9-11H,3-7H2,1-2H3,(H,17,18). The molecular formula is C13H20N2O3. The largest absolute Gasteiger partial charge is 0.481 e. The maximum atomic E-state index is 12.3. The summed E-state index contributed by atoms with van der Waals surface area (Å²) in [6.07, 6.45) is 3.26. The Morgan fingerprint density at radius 2 is 1.94 bits per heavy atom. The Kier molecular flexibility index (Phi) is 5.14. The molecule has 100 valence electrons. The van der Waals surface area contributed by atoms with Crippen molar-refractivity contribution in [1.82, 2.24) is 4.90 Å². The predicted octanol–water partition coefficient (Wildman–Crippen LogP) is 1.64. The van der Waals surface area contributed by atoms with Gasteiger partial charge in [0.05, 0.1) is 24.3 Å². The summed E-state index contributed by atoms with van der Waals surface area (Å²) in [5.41, 5.74) is 0. The molecule has 0 aromatic carbocycles. The fourth-order valence-corrected chi connectivity index (χ4v) is 2.47. The Labute approximate surface area is 107 Å². The zero-order valence-corrected chi connectivity index (χ0v) is 10.9.